The molecule has 2 N–H and O–H groups in total. The second kappa shape index (κ2) is 6.79. The van der Waals surface area contributed by atoms with E-state index in [1.807, 2.05) is 31.3 Å². The molecule has 1 unspecified atom stereocenters. The van der Waals surface area contributed by atoms with Crippen LogP contribution in [0.4, 0.5) is 0 Å². The number of nitrogens with zero attached hydrogens (tertiary/aromatic N) is 5. The smallest absolute Gasteiger partial charge is 0.284 e. The number of primary amides is 1. The lowest BCUT2D eigenvalue weighted by atomic mass is 10.1. The van der Waals surface area contributed by atoms with Gasteiger partial charge in [0.15, 0.2) is 5.82 Å². The third kappa shape index (κ3) is 3.39. The second-order valence-corrected chi connectivity index (χ2v) is 6.01. The van der Waals surface area contributed by atoms with Crippen LogP contribution < -0.4 is 5.73 Å². The van der Waals surface area contributed by atoms with E-state index in [2.05, 4.69) is 10.1 Å². The van der Waals surface area contributed by atoms with Gasteiger partial charge in [-0.2, -0.15) is 10.4 Å². The number of benzene rings is 1. The highest BCUT2D eigenvalue weighted by Crippen LogP contribution is 2.24. The molecule has 0 saturated heterocycles. The highest BCUT2D eigenvalue weighted by atomic mass is 35.5. The molecule has 0 aliphatic heterocycles. The van der Waals surface area contributed by atoms with E-state index in [4.69, 9.17) is 22.6 Å². The van der Waals surface area contributed by atoms with E-state index in [1.54, 1.807) is 33.8 Å². The van der Waals surface area contributed by atoms with Crippen molar-refractivity contribution < 1.29 is 4.79 Å². The summed E-state index contributed by atoms with van der Waals surface area (Å²) in [7, 11) is 0. The summed E-state index contributed by atoms with van der Waals surface area (Å²) in [4.78, 5) is 15.4. The maximum absolute atomic E-state index is 11.4. The minimum Gasteiger partial charge on any atom is -0.363 e. The summed E-state index contributed by atoms with van der Waals surface area (Å²) in [5, 5.41) is 13.9. The van der Waals surface area contributed by atoms with Crippen molar-refractivity contribution in [1.29, 1.82) is 5.26 Å². The summed E-state index contributed by atoms with van der Waals surface area (Å²) in [6.07, 6.45) is 5.11. The number of nitrogens with two attached hydrogens (primary N) is 1. The molecule has 1 aromatic carbocycles. The molecule has 0 spiro atoms. The molecule has 3 aromatic rings. The van der Waals surface area contributed by atoms with Crippen LogP contribution in [0.5, 0.6) is 0 Å². The monoisotopic (exact) mass is 354 g/mol. The molecule has 3 rings (SSSR count). The third-order valence-electron chi connectivity index (χ3n) is 3.84. The zero-order valence-electron chi connectivity index (χ0n) is 13.4. The second-order valence-electron chi connectivity index (χ2n) is 5.60. The Kier molecular flexibility index (Phi) is 4.55. The van der Waals surface area contributed by atoms with Crippen molar-refractivity contribution in [2.75, 3.05) is 0 Å². The number of aromatic nitrogens is 4. The van der Waals surface area contributed by atoms with Crippen LogP contribution in [0.25, 0.3) is 11.3 Å². The molecule has 2 heterocycles. The standard InChI is InChI=1S/C17H15ClN6O/c1-11(24-7-5-21-17(24)16(20)25)10-23-6-4-15(22-23)12-2-3-13(9-19)14(18)8-12/h2-8,11H,10H2,1H3,(H2,20,25). The number of amides is 1. The van der Waals surface area contributed by atoms with Gasteiger partial charge in [-0.15, -0.1) is 0 Å². The van der Waals surface area contributed by atoms with Gasteiger partial charge in [-0.1, -0.05) is 17.7 Å². The number of carbonyl (C=O) groups is 1. The average molecular weight is 355 g/mol. The van der Waals surface area contributed by atoms with E-state index in [1.165, 1.54) is 0 Å². The van der Waals surface area contributed by atoms with Gasteiger partial charge >= 0.3 is 0 Å². The number of nitriles is 1. The molecule has 0 saturated carbocycles. The lowest BCUT2D eigenvalue weighted by Crippen LogP contribution is -2.22. The van der Waals surface area contributed by atoms with Gasteiger partial charge in [0.2, 0.25) is 0 Å². The Labute approximate surface area is 149 Å². The van der Waals surface area contributed by atoms with Gasteiger partial charge in [0, 0.05) is 24.2 Å². The molecule has 1 atom stereocenters. The Morgan fingerprint density at radius 1 is 1.40 bits per heavy atom. The molecule has 126 valence electrons. The Balaban J connectivity index is 1.80. The zero-order valence-corrected chi connectivity index (χ0v) is 14.2. The lowest BCUT2D eigenvalue weighted by Gasteiger charge is -2.15. The van der Waals surface area contributed by atoms with Crippen molar-refractivity contribution in [3.63, 3.8) is 0 Å². The first-order chi connectivity index (χ1) is 12.0. The number of hydrogen-bond acceptors (Lipinski definition) is 4. The van der Waals surface area contributed by atoms with Crippen molar-refractivity contribution in [3.05, 3.63) is 59.3 Å². The predicted molar refractivity (Wildman–Crippen MR) is 92.8 cm³/mol. The summed E-state index contributed by atoms with van der Waals surface area (Å²) in [6, 6.07) is 9.04. The van der Waals surface area contributed by atoms with Gasteiger partial charge in [-0.05, 0) is 25.1 Å². The van der Waals surface area contributed by atoms with Crippen LogP contribution in [-0.4, -0.2) is 25.2 Å². The Morgan fingerprint density at radius 2 is 2.20 bits per heavy atom. The molecule has 25 heavy (non-hydrogen) atoms. The Hall–Kier alpha value is -3.11. The van der Waals surface area contributed by atoms with Gasteiger partial charge < -0.3 is 10.3 Å². The van der Waals surface area contributed by atoms with Crippen LogP contribution in [-0.2, 0) is 6.54 Å². The fourth-order valence-electron chi connectivity index (χ4n) is 2.60. The first-order valence-corrected chi connectivity index (χ1v) is 7.93. The molecular formula is C17H15ClN6O. The van der Waals surface area contributed by atoms with Crippen molar-refractivity contribution in [2.24, 2.45) is 5.73 Å². The van der Waals surface area contributed by atoms with Crippen LogP contribution in [0, 0.1) is 11.3 Å². The molecule has 1 amide bonds. The van der Waals surface area contributed by atoms with E-state index in [-0.39, 0.29) is 11.9 Å². The zero-order chi connectivity index (χ0) is 18.0. The predicted octanol–water partition coefficient (Wildman–Crippen LogP) is 2.63. The van der Waals surface area contributed by atoms with Crippen molar-refractivity contribution >= 4 is 17.5 Å². The Morgan fingerprint density at radius 3 is 2.88 bits per heavy atom. The van der Waals surface area contributed by atoms with E-state index < -0.39 is 5.91 Å². The molecule has 8 heteroatoms. The SMILES string of the molecule is CC(Cn1ccc(-c2ccc(C#N)c(Cl)c2)n1)n1ccnc1C(N)=O. The number of rotatable bonds is 5. The van der Waals surface area contributed by atoms with Gasteiger partial charge in [0.1, 0.15) is 6.07 Å². The number of imidazole rings is 1. The first-order valence-electron chi connectivity index (χ1n) is 7.55. The lowest BCUT2D eigenvalue weighted by molar-refractivity contribution is 0.0983. The summed E-state index contributed by atoms with van der Waals surface area (Å²) < 4.78 is 3.50. The van der Waals surface area contributed by atoms with Crippen molar-refractivity contribution in [2.45, 2.75) is 19.5 Å². The molecule has 2 aromatic heterocycles. The molecule has 0 aliphatic carbocycles. The molecular weight excluding hydrogens is 340 g/mol. The summed E-state index contributed by atoms with van der Waals surface area (Å²) in [6.45, 7) is 2.49. The fourth-order valence-corrected chi connectivity index (χ4v) is 2.82. The number of carbonyl (C=O) groups excluding carboxylic acids is 1. The van der Waals surface area contributed by atoms with E-state index in [0.717, 1.165) is 11.3 Å². The van der Waals surface area contributed by atoms with Crippen molar-refractivity contribution in [1.82, 2.24) is 19.3 Å². The van der Waals surface area contributed by atoms with Gasteiger partial charge in [-0.3, -0.25) is 9.48 Å². The number of hydrogen-bond donors (Lipinski definition) is 1. The first kappa shape index (κ1) is 16.7. The van der Waals surface area contributed by atoms with Crippen LogP contribution >= 0.6 is 11.6 Å². The highest BCUT2D eigenvalue weighted by Gasteiger charge is 2.15. The van der Waals surface area contributed by atoms with Gasteiger partial charge in [0.25, 0.3) is 5.91 Å². The quantitative estimate of drug-likeness (QED) is 0.760. The number of halogens is 1. The fraction of sp³-hybridized carbons (Fsp3) is 0.176. The molecule has 0 fully saturated rings. The largest absolute Gasteiger partial charge is 0.363 e. The maximum atomic E-state index is 11.4. The van der Waals surface area contributed by atoms with Crippen LogP contribution in [0.3, 0.4) is 0 Å². The summed E-state index contributed by atoms with van der Waals surface area (Å²) in [5.41, 5.74) is 7.34. The van der Waals surface area contributed by atoms with Crippen LogP contribution in [0.15, 0.2) is 42.9 Å². The van der Waals surface area contributed by atoms with E-state index in [0.29, 0.717) is 17.1 Å². The third-order valence-corrected chi connectivity index (χ3v) is 4.15. The van der Waals surface area contributed by atoms with Gasteiger partial charge in [-0.25, -0.2) is 4.98 Å². The normalized spacial score (nSPS) is 11.9. The van der Waals surface area contributed by atoms with E-state index in [9.17, 15) is 4.79 Å². The molecule has 0 aliphatic rings. The van der Waals surface area contributed by atoms with Crippen LogP contribution in [0.2, 0.25) is 5.02 Å². The molecule has 0 bridgehead atoms. The molecule has 0 radical (unpaired) electrons. The summed E-state index contributed by atoms with van der Waals surface area (Å²) in [5.74, 6) is -0.344. The summed E-state index contributed by atoms with van der Waals surface area (Å²) >= 11 is 6.07. The Bertz CT molecular complexity index is 968. The minimum atomic E-state index is -0.565. The average Bonchev–Trinajstić information content (AvgIpc) is 3.24. The highest BCUT2D eigenvalue weighted by molar-refractivity contribution is 6.32. The molecule has 7 nitrogen and oxygen atoms in total. The topological polar surface area (TPSA) is 103 Å². The van der Waals surface area contributed by atoms with E-state index >= 15 is 0 Å². The maximum Gasteiger partial charge on any atom is 0.284 e. The van der Waals surface area contributed by atoms with Crippen LogP contribution in [0.1, 0.15) is 29.1 Å². The minimum absolute atomic E-state index is 0.0534. The van der Waals surface area contributed by atoms with Crippen molar-refractivity contribution in [3.8, 4) is 17.3 Å². The van der Waals surface area contributed by atoms with Gasteiger partial charge in [0.05, 0.1) is 28.9 Å².